The number of aromatic nitrogens is 2. The van der Waals surface area contributed by atoms with E-state index in [2.05, 4.69) is 10.3 Å². The van der Waals surface area contributed by atoms with Crippen LogP contribution in [0.25, 0.3) is 0 Å². The molecule has 0 unspecified atom stereocenters. The van der Waals surface area contributed by atoms with Crippen molar-refractivity contribution in [3.63, 3.8) is 0 Å². The summed E-state index contributed by atoms with van der Waals surface area (Å²) in [4.78, 5) is 29.4. The van der Waals surface area contributed by atoms with Crippen molar-refractivity contribution in [1.82, 2.24) is 19.8 Å². The fraction of sp³-hybridized carbons (Fsp3) is 0.667. The summed E-state index contributed by atoms with van der Waals surface area (Å²) in [7, 11) is 0. The van der Waals surface area contributed by atoms with E-state index in [1.807, 2.05) is 22.6 Å². The number of carbonyl (C=O) groups is 2. The van der Waals surface area contributed by atoms with E-state index in [-0.39, 0.29) is 11.3 Å². The molecule has 0 radical (unpaired) electrons. The molecule has 7 heteroatoms. The van der Waals surface area contributed by atoms with E-state index in [4.69, 9.17) is 5.11 Å². The van der Waals surface area contributed by atoms with Gasteiger partial charge in [0.15, 0.2) is 0 Å². The average molecular weight is 306 g/mol. The third-order valence-electron chi connectivity index (χ3n) is 5.06. The van der Waals surface area contributed by atoms with E-state index in [9.17, 15) is 9.59 Å². The third-order valence-corrected chi connectivity index (χ3v) is 5.06. The van der Waals surface area contributed by atoms with Crippen LogP contribution in [0.2, 0.25) is 0 Å². The lowest BCUT2D eigenvalue weighted by molar-refractivity contribution is -0.139. The van der Waals surface area contributed by atoms with Crippen LogP contribution < -0.4 is 5.32 Å². The number of carboxylic acid groups (broad SMARTS) is 1. The molecule has 3 heterocycles. The van der Waals surface area contributed by atoms with Crippen LogP contribution in [-0.4, -0.2) is 57.1 Å². The van der Waals surface area contributed by atoms with Crippen LogP contribution in [-0.2, 0) is 16.1 Å². The Morgan fingerprint density at radius 3 is 2.73 bits per heavy atom. The molecule has 2 N–H and O–H groups in total. The van der Waals surface area contributed by atoms with Crippen LogP contribution in [0, 0.1) is 12.3 Å². The molecule has 1 aromatic rings. The van der Waals surface area contributed by atoms with E-state index in [0.29, 0.717) is 26.1 Å². The quantitative estimate of drug-likeness (QED) is 0.835. The van der Waals surface area contributed by atoms with Crippen molar-refractivity contribution in [3.05, 3.63) is 18.2 Å². The number of nitrogens with one attached hydrogen (secondary N) is 1. The number of hydrogen-bond donors (Lipinski definition) is 2. The molecule has 1 atom stereocenters. The van der Waals surface area contributed by atoms with Crippen LogP contribution in [0.4, 0.5) is 0 Å². The first-order valence-corrected chi connectivity index (χ1v) is 7.71. The van der Waals surface area contributed by atoms with Crippen molar-refractivity contribution in [2.45, 2.75) is 38.8 Å². The van der Waals surface area contributed by atoms with Crippen LogP contribution in [0.15, 0.2) is 12.4 Å². The minimum absolute atomic E-state index is 0.0464. The van der Waals surface area contributed by atoms with Crippen molar-refractivity contribution in [1.29, 1.82) is 0 Å². The van der Waals surface area contributed by atoms with Gasteiger partial charge in [0, 0.05) is 32.0 Å². The zero-order valence-electron chi connectivity index (χ0n) is 12.8. The molecule has 120 valence electrons. The van der Waals surface area contributed by atoms with Gasteiger partial charge in [0.2, 0.25) is 5.91 Å². The predicted molar refractivity (Wildman–Crippen MR) is 79.3 cm³/mol. The van der Waals surface area contributed by atoms with Gasteiger partial charge in [-0.3, -0.25) is 9.59 Å². The molecule has 0 bridgehead atoms. The standard InChI is InChI=1S/C15H22N4O3/c1-11-16-4-7-19(11)9-13(20)18-5-2-15(3-6-18)8-12(14(21)22)17-10-15/h4,7,12,17H,2-3,5-6,8-10H2,1H3,(H,21,22)/t12-/m0/s1. The van der Waals surface area contributed by atoms with Crippen molar-refractivity contribution in [2.24, 2.45) is 5.41 Å². The summed E-state index contributed by atoms with van der Waals surface area (Å²) in [5, 5.41) is 12.2. The lowest BCUT2D eigenvalue weighted by atomic mass is 9.76. The maximum absolute atomic E-state index is 12.4. The van der Waals surface area contributed by atoms with Crippen LogP contribution in [0.5, 0.6) is 0 Å². The number of imidazole rings is 1. The summed E-state index contributed by atoms with van der Waals surface area (Å²) in [6.07, 6.45) is 5.93. The molecule has 1 aromatic heterocycles. The summed E-state index contributed by atoms with van der Waals surface area (Å²) in [6.45, 7) is 4.37. The molecule has 2 fully saturated rings. The first-order chi connectivity index (χ1) is 10.5. The van der Waals surface area contributed by atoms with Crippen molar-refractivity contribution in [3.8, 4) is 0 Å². The molecule has 3 rings (SSSR count). The Labute approximate surface area is 129 Å². The smallest absolute Gasteiger partial charge is 0.320 e. The second-order valence-corrected chi connectivity index (χ2v) is 6.46. The number of rotatable bonds is 3. The minimum Gasteiger partial charge on any atom is -0.480 e. The second-order valence-electron chi connectivity index (χ2n) is 6.46. The number of carboxylic acids is 1. The fourth-order valence-corrected chi connectivity index (χ4v) is 3.52. The normalized spacial score (nSPS) is 23.9. The number of aryl methyl sites for hydroxylation is 1. The van der Waals surface area contributed by atoms with Gasteiger partial charge in [-0.1, -0.05) is 0 Å². The highest BCUT2D eigenvalue weighted by atomic mass is 16.4. The van der Waals surface area contributed by atoms with Crippen molar-refractivity contribution in [2.75, 3.05) is 19.6 Å². The number of hydrogen-bond acceptors (Lipinski definition) is 4. The molecule has 1 amide bonds. The Kier molecular flexibility index (Phi) is 3.90. The Bertz CT molecular complexity index is 575. The van der Waals surface area contributed by atoms with E-state index < -0.39 is 12.0 Å². The number of amides is 1. The number of aliphatic carboxylic acids is 1. The second kappa shape index (κ2) is 5.72. The fourth-order valence-electron chi connectivity index (χ4n) is 3.52. The van der Waals surface area contributed by atoms with Crippen LogP contribution in [0.1, 0.15) is 25.1 Å². The maximum atomic E-state index is 12.4. The molecule has 7 nitrogen and oxygen atoms in total. The highest BCUT2D eigenvalue weighted by Crippen LogP contribution is 2.39. The van der Waals surface area contributed by atoms with E-state index >= 15 is 0 Å². The molecule has 2 saturated heterocycles. The van der Waals surface area contributed by atoms with Gasteiger partial charge in [0.05, 0.1) is 0 Å². The summed E-state index contributed by atoms with van der Waals surface area (Å²) in [5.74, 6) is 0.175. The van der Waals surface area contributed by atoms with Gasteiger partial charge in [0.1, 0.15) is 18.4 Å². The van der Waals surface area contributed by atoms with Crippen LogP contribution in [0.3, 0.4) is 0 Å². The Balaban J connectivity index is 1.55. The largest absolute Gasteiger partial charge is 0.480 e. The zero-order chi connectivity index (χ0) is 15.7. The highest BCUT2D eigenvalue weighted by Gasteiger charge is 2.44. The van der Waals surface area contributed by atoms with Crippen molar-refractivity contribution < 1.29 is 14.7 Å². The lowest BCUT2D eigenvalue weighted by Gasteiger charge is -2.39. The SMILES string of the molecule is Cc1nccn1CC(=O)N1CCC2(CC1)CN[C@H](C(=O)O)C2. The Morgan fingerprint density at radius 1 is 1.45 bits per heavy atom. The minimum atomic E-state index is -0.772. The first-order valence-electron chi connectivity index (χ1n) is 7.71. The van der Waals surface area contributed by atoms with Gasteiger partial charge >= 0.3 is 5.97 Å². The van der Waals surface area contributed by atoms with Gasteiger partial charge in [0.25, 0.3) is 0 Å². The molecule has 2 aliphatic rings. The van der Waals surface area contributed by atoms with E-state index in [0.717, 1.165) is 25.2 Å². The monoisotopic (exact) mass is 306 g/mol. The molecule has 0 aliphatic carbocycles. The molecule has 2 aliphatic heterocycles. The molecule has 0 saturated carbocycles. The van der Waals surface area contributed by atoms with Crippen LogP contribution >= 0.6 is 0 Å². The number of carbonyl (C=O) groups excluding carboxylic acids is 1. The third kappa shape index (κ3) is 2.85. The lowest BCUT2D eigenvalue weighted by Crippen LogP contribution is -2.45. The van der Waals surface area contributed by atoms with Gasteiger partial charge in [-0.25, -0.2) is 4.98 Å². The zero-order valence-corrected chi connectivity index (χ0v) is 12.8. The van der Waals surface area contributed by atoms with Crippen molar-refractivity contribution >= 4 is 11.9 Å². The summed E-state index contributed by atoms with van der Waals surface area (Å²) in [6, 6.07) is -0.434. The Morgan fingerprint density at radius 2 is 2.18 bits per heavy atom. The highest BCUT2D eigenvalue weighted by molar-refractivity contribution is 5.76. The number of piperidine rings is 1. The van der Waals surface area contributed by atoms with E-state index in [1.54, 1.807) is 6.20 Å². The predicted octanol–water partition coefficient (Wildman–Crippen LogP) is 0.247. The summed E-state index contributed by atoms with van der Waals surface area (Å²) in [5.41, 5.74) is 0.0464. The Hall–Kier alpha value is -1.89. The van der Waals surface area contributed by atoms with E-state index in [1.165, 1.54) is 0 Å². The molecule has 0 aromatic carbocycles. The molecular formula is C15H22N4O3. The number of nitrogens with zero attached hydrogens (tertiary/aromatic N) is 3. The van der Waals surface area contributed by atoms with Gasteiger partial charge in [-0.05, 0) is 31.6 Å². The van der Waals surface area contributed by atoms with Gasteiger partial charge in [-0.15, -0.1) is 0 Å². The first kappa shape index (κ1) is 15.0. The average Bonchev–Trinajstić information content (AvgIpc) is 3.08. The van der Waals surface area contributed by atoms with Gasteiger partial charge < -0.3 is 19.9 Å². The topological polar surface area (TPSA) is 87.5 Å². The molecule has 22 heavy (non-hydrogen) atoms. The summed E-state index contributed by atoms with van der Waals surface area (Å²) < 4.78 is 1.85. The maximum Gasteiger partial charge on any atom is 0.320 e. The number of likely N-dealkylation sites (tertiary alicyclic amines) is 1. The summed E-state index contributed by atoms with van der Waals surface area (Å²) >= 11 is 0. The molecular weight excluding hydrogens is 284 g/mol. The molecule has 1 spiro atoms. The van der Waals surface area contributed by atoms with Gasteiger partial charge in [-0.2, -0.15) is 0 Å².